The molecule has 2 aliphatic heterocycles. The minimum absolute atomic E-state index is 0.0554. The van der Waals surface area contributed by atoms with Crippen LogP contribution in [0, 0.1) is 11.2 Å². The third-order valence-corrected chi connectivity index (χ3v) is 6.51. The van der Waals surface area contributed by atoms with Crippen LogP contribution in [0.25, 0.3) is 0 Å². The normalized spacial score (nSPS) is 29.8. The summed E-state index contributed by atoms with van der Waals surface area (Å²) in [5, 5.41) is 3.03. The number of halogens is 1. The highest BCUT2D eigenvalue weighted by molar-refractivity contribution is 5.87. The van der Waals surface area contributed by atoms with Gasteiger partial charge in [0.05, 0.1) is 11.5 Å². The van der Waals surface area contributed by atoms with Gasteiger partial charge in [0.2, 0.25) is 5.91 Å². The molecular formula is C20H25FN2O2. The molecule has 2 atom stereocenters. The van der Waals surface area contributed by atoms with Crippen LogP contribution in [0.2, 0.25) is 0 Å². The van der Waals surface area contributed by atoms with E-state index in [0.717, 1.165) is 50.8 Å². The first-order valence-corrected chi connectivity index (χ1v) is 9.41. The SMILES string of the molecule is O=C1CCCCC1N1CCC2(CC1)C(=O)NC[C@@H]2c1ccc(F)cc1. The Labute approximate surface area is 147 Å². The Bertz CT molecular complexity index is 665. The summed E-state index contributed by atoms with van der Waals surface area (Å²) in [4.78, 5) is 27.2. The van der Waals surface area contributed by atoms with Crippen LogP contribution < -0.4 is 5.32 Å². The Morgan fingerprint density at radius 2 is 1.80 bits per heavy atom. The summed E-state index contributed by atoms with van der Waals surface area (Å²) >= 11 is 0. The van der Waals surface area contributed by atoms with E-state index in [0.29, 0.717) is 18.7 Å². The summed E-state index contributed by atoms with van der Waals surface area (Å²) in [5.74, 6) is 0.329. The molecule has 3 fully saturated rings. The molecule has 0 bridgehead atoms. The van der Waals surface area contributed by atoms with Gasteiger partial charge in [-0.15, -0.1) is 0 Å². The second-order valence-electron chi connectivity index (χ2n) is 7.73. The molecule has 2 saturated heterocycles. The molecular weight excluding hydrogens is 319 g/mol. The van der Waals surface area contributed by atoms with Gasteiger partial charge in [0.1, 0.15) is 11.6 Å². The van der Waals surface area contributed by atoms with Crippen molar-refractivity contribution >= 4 is 11.7 Å². The molecule has 3 aliphatic rings. The highest BCUT2D eigenvalue weighted by Gasteiger charge is 2.52. The van der Waals surface area contributed by atoms with Crippen molar-refractivity contribution in [2.24, 2.45) is 5.41 Å². The van der Waals surface area contributed by atoms with Crippen molar-refractivity contribution in [1.82, 2.24) is 10.2 Å². The van der Waals surface area contributed by atoms with Gasteiger partial charge in [0.25, 0.3) is 0 Å². The maximum Gasteiger partial charge on any atom is 0.227 e. The van der Waals surface area contributed by atoms with Crippen molar-refractivity contribution in [3.63, 3.8) is 0 Å². The molecule has 5 heteroatoms. The van der Waals surface area contributed by atoms with E-state index in [2.05, 4.69) is 10.2 Å². The van der Waals surface area contributed by atoms with Crippen molar-refractivity contribution in [3.8, 4) is 0 Å². The summed E-state index contributed by atoms with van der Waals surface area (Å²) in [6.45, 7) is 2.20. The van der Waals surface area contributed by atoms with Crippen LogP contribution in [0.15, 0.2) is 24.3 Å². The minimum Gasteiger partial charge on any atom is -0.355 e. The molecule has 25 heavy (non-hydrogen) atoms. The first-order chi connectivity index (χ1) is 12.1. The average molecular weight is 344 g/mol. The lowest BCUT2D eigenvalue weighted by molar-refractivity contribution is -0.133. The van der Waals surface area contributed by atoms with Crippen LogP contribution in [0.1, 0.15) is 50.0 Å². The summed E-state index contributed by atoms with van der Waals surface area (Å²) < 4.78 is 13.3. The maximum atomic E-state index is 13.3. The monoisotopic (exact) mass is 344 g/mol. The largest absolute Gasteiger partial charge is 0.355 e. The zero-order valence-electron chi connectivity index (χ0n) is 14.5. The van der Waals surface area contributed by atoms with E-state index in [4.69, 9.17) is 0 Å². The van der Waals surface area contributed by atoms with Crippen LogP contribution in [0.4, 0.5) is 4.39 Å². The number of hydrogen-bond donors (Lipinski definition) is 1. The Morgan fingerprint density at radius 1 is 1.08 bits per heavy atom. The number of carbonyl (C=O) groups is 2. The molecule has 1 N–H and O–H groups in total. The van der Waals surface area contributed by atoms with Crippen LogP contribution >= 0.6 is 0 Å². The fourth-order valence-electron chi connectivity index (χ4n) is 5.02. The summed E-state index contributed by atoms with van der Waals surface area (Å²) in [5.41, 5.74) is 0.619. The third-order valence-electron chi connectivity index (χ3n) is 6.51. The molecule has 0 radical (unpaired) electrons. The van der Waals surface area contributed by atoms with E-state index >= 15 is 0 Å². The molecule has 134 valence electrons. The van der Waals surface area contributed by atoms with Crippen LogP contribution in [0.5, 0.6) is 0 Å². The number of amides is 1. The van der Waals surface area contributed by atoms with Gasteiger partial charge in [-0.05, 0) is 56.5 Å². The van der Waals surface area contributed by atoms with E-state index in [-0.39, 0.29) is 23.7 Å². The first-order valence-electron chi connectivity index (χ1n) is 9.41. The number of rotatable bonds is 2. The van der Waals surface area contributed by atoms with Gasteiger partial charge in [0.15, 0.2) is 0 Å². The number of piperidine rings is 1. The van der Waals surface area contributed by atoms with Crippen LogP contribution in [-0.4, -0.2) is 42.3 Å². The molecule has 1 aliphatic carbocycles. The summed E-state index contributed by atoms with van der Waals surface area (Å²) in [6, 6.07) is 6.61. The minimum atomic E-state index is -0.411. The lowest BCUT2D eigenvalue weighted by Gasteiger charge is -2.44. The second-order valence-corrected chi connectivity index (χ2v) is 7.73. The highest BCUT2D eigenvalue weighted by Crippen LogP contribution is 2.48. The van der Waals surface area contributed by atoms with E-state index in [1.807, 2.05) is 0 Å². The number of likely N-dealkylation sites (tertiary alicyclic amines) is 1. The van der Waals surface area contributed by atoms with Gasteiger partial charge in [-0.1, -0.05) is 18.6 Å². The van der Waals surface area contributed by atoms with Gasteiger partial charge in [0, 0.05) is 18.9 Å². The molecule has 1 aromatic rings. The molecule has 0 aromatic heterocycles. The van der Waals surface area contributed by atoms with Gasteiger partial charge in [-0.25, -0.2) is 4.39 Å². The lowest BCUT2D eigenvalue weighted by atomic mass is 9.67. The van der Waals surface area contributed by atoms with E-state index in [9.17, 15) is 14.0 Å². The average Bonchev–Trinajstić information content (AvgIpc) is 2.94. The Hall–Kier alpha value is -1.75. The fraction of sp³-hybridized carbons (Fsp3) is 0.600. The molecule has 4 rings (SSSR count). The van der Waals surface area contributed by atoms with E-state index < -0.39 is 5.41 Å². The quantitative estimate of drug-likeness (QED) is 0.897. The number of benzene rings is 1. The zero-order valence-corrected chi connectivity index (χ0v) is 14.5. The van der Waals surface area contributed by atoms with Crippen LogP contribution in [-0.2, 0) is 9.59 Å². The van der Waals surface area contributed by atoms with E-state index in [1.54, 1.807) is 12.1 Å². The molecule has 1 aromatic carbocycles. The Morgan fingerprint density at radius 3 is 2.48 bits per heavy atom. The number of carbonyl (C=O) groups excluding carboxylic acids is 2. The highest BCUT2D eigenvalue weighted by atomic mass is 19.1. The summed E-state index contributed by atoms with van der Waals surface area (Å²) in [6.07, 6.45) is 5.33. The second kappa shape index (κ2) is 6.52. The maximum absolute atomic E-state index is 13.3. The topological polar surface area (TPSA) is 49.4 Å². The number of ketones is 1. The zero-order chi connectivity index (χ0) is 17.4. The predicted molar refractivity (Wildman–Crippen MR) is 92.7 cm³/mol. The number of nitrogens with one attached hydrogen (secondary N) is 1. The lowest BCUT2D eigenvalue weighted by Crippen LogP contribution is -2.52. The van der Waals surface area contributed by atoms with Crippen molar-refractivity contribution in [2.75, 3.05) is 19.6 Å². The van der Waals surface area contributed by atoms with Gasteiger partial charge in [-0.2, -0.15) is 0 Å². The van der Waals surface area contributed by atoms with Crippen molar-refractivity contribution in [1.29, 1.82) is 0 Å². The Balaban J connectivity index is 1.52. The molecule has 1 spiro atoms. The van der Waals surface area contributed by atoms with Gasteiger partial charge < -0.3 is 5.32 Å². The van der Waals surface area contributed by atoms with Crippen molar-refractivity contribution < 1.29 is 14.0 Å². The number of Topliss-reactive ketones (excluding diaryl/α,β-unsaturated/α-hetero) is 1. The molecule has 1 saturated carbocycles. The van der Waals surface area contributed by atoms with Crippen molar-refractivity contribution in [2.45, 2.75) is 50.5 Å². The summed E-state index contributed by atoms with van der Waals surface area (Å²) in [7, 11) is 0. The smallest absolute Gasteiger partial charge is 0.227 e. The fourth-order valence-corrected chi connectivity index (χ4v) is 5.02. The van der Waals surface area contributed by atoms with Crippen LogP contribution in [0.3, 0.4) is 0 Å². The van der Waals surface area contributed by atoms with E-state index in [1.165, 1.54) is 12.1 Å². The van der Waals surface area contributed by atoms with Gasteiger partial charge in [-0.3, -0.25) is 14.5 Å². The Kier molecular flexibility index (Phi) is 4.36. The third kappa shape index (κ3) is 2.88. The number of hydrogen-bond acceptors (Lipinski definition) is 3. The molecule has 1 unspecified atom stereocenters. The molecule has 1 amide bonds. The number of nitrogens with zero attached hydrogens (tertiary/aromatic N) is 1. The molecule has 4 nitrogen and oxygen atoms in total. The standard InChI is InChI=1S/C20H25FN2O2/c21-15-7-5-14(6-8-15)16-13-22-19(25)20(16)9-11-23(12-10-20)17-3-1-2-4-18(17)24/h5-8,16-17H,1-4,9-13H2,(H,22,25)/t16-,17?/m1/s1. The van der Waals surface area contributed by atoms with Gasteiger partial charge >= 0.3 is 0 Å². The predicted octanol–water partition coefficient (Wildman–Crippen LogP) is 2.63. The molecule has 2 heterocycles. The van der Waals surface area contributed by atoms with Crippen molar-refractivity contribution in [3.05, 3.63) is 35.6 Å². The first kappa shape index (κ1) is 16.7.